The Labute approximate surface area is 178 Å². The number of phenolic OH excluding ortho intramolecular Hbond substituents is 1. The average Bonchev–Trinajstić information content (AvgIpc) is 3.15. The first kappa shape index (κ1) is 18.7. The first-order chi connectivity index (χ1) is 15.1. The number of aryl methyl sites for hydroxylation is 1. The van der Waals surface area contributed by atoms with Gasteiger partial charge in [0.2, 0.25) is 0 Å². The van der Waals surface area contributed by atoms with Gasteiger partial charge in [0, 0.05) is 23.5 Å². The van der Waals surface area contributed by atoms with Crippen molar-refractivity contribution in [2.24, 2.45) is 0 Å². The first-order valence-corrected chi connectivity index (χ1v) is 9.74. The van der Waals surface area contributed by atoms with E-state index in [1.165, 1.54) is 6.33 Å². The molecule has 5 aromatic rings. The number of aromatic hydroxyl groups is 1. The summed E-state index contributed by atoms with van der Waals surface area (Å²) >= 11 is 0. The van der Waals surface area contributed by atoms with Gasteiger partial charge in [0.05, 0.1) is 23.3 Å². The Kier molecular flexibility index (Phi) is 4.51. The molecule has 3 N–H and O–H groups in total. The molecule has 3 heterocycles. The molecule has 0 radical (unpaired) electrons. The third-order valence-electron chi connectivity index (χ3n) is 5.15. The number of fused-ring (bicyclic) bond motifs is 1. The molecule has 0 atom stereocenters. The van der Waals surface area contributed by atoms with Crippen LogP contribution in [0.15, 0.2) is 67.3 Å². The van der Waals surface area contributed by atoms with Gasteiger partial charge >= 0.3 is 0 Å². The lowest BCUT2D eigenvalue weighted by Gasteiger charge is -2.10. The molecule has 8 heteroatoms. The minimum absolute atomic E-state index is 0.145. The highest BCUT2D eigenvalue weighted by Gasteiger charge is 2.19. The van der Waals surface area contributed by atoms with Crippen molar-refractivity contribution in [3.8, 4) is 28.3 Å². The fraction of sp³-hybridized carbons (Fsp3) is 0.0870. The SMILES string of the molecule is Cc1ccccc1-c1nccnc1Cn1nc(-c2cccc(O)c2)c2c(N)ncnc21. The van der Waals surface area contributed by atoms with Gasteiger partial charge < -0.3 is 10.8 Å². The maximum Gasteiger partial charge on any atom is 0.164 e. The standard InChI is InChI=1S/C23H19N7O/c1-14-5-2-3-8-17(14)21-18(25-9-10-26-21)12-30-23-19(22(24)27-13-28-23)20(29-30)15-6-4-7-16(31)11-15/h2-11,13,31H,12H2,1H3,(H2,24,27,28). The molecule has 0 aliphatic rings. The van der Waals surface area contributed by atoms with Crippen LogP contribution in [0.25, 0.3) is 33.5 Å². The lowest BCUT2D eigenvalue weighted by atomic mass is 10.0. The number of anilines is 1. The molecular weight excluding hydrogens is 390 g/mol. The lowest BCUT2D eigenvalue weighted by molar-refractivity contribution is 0.475. The van der Waals surface area contributed by atoms with Crippen molar-refractivity contribution in [3.63, 3.8) is 0 Å². The van der Waals surface area contributed by atoms with Gasteiger partial charge in [-0.3, -0.25) is 9.97 Å². The molecule has 31 heavy (non-hydrogen) atoms. The lowest BCUT2D eigenvalue weighted by Crippen LogP contribution is -2.08. The van der Waals surface area contributed by atoms with Gasteiger partial charge in [-0.1, -0.05) is 36.4 Å². The minimum Gasteiger partial charge on any atom is -0.508 e. The number of hydrogen-bond acceptors (Lipinski definition) is 7. The molecule has 0 fully saturated rings. The highest BCUT2D eigenvalue weighted by molar-refractivity contribution is 5.98. The monoisotopic (exact) mass is 409 g/mol. The third-order valence-corrected chi connectivity index (χ3v) is 5.15. The number of benzene rings is 2. The van der Waals surface area contributed by atoms with Crippen molar-refractivity contribution in [1.82, 2.24) is 29.7 Å². The third kappa shape index (κ3) is 3.33. The Morgan fingerprint density at radius 2 is 1.77 bits per heavy atom. The maximum absolute atomic E-state index is 9.93. The highest BCUT2D eigenvalue weighted by atomic mass is 16.3. The summed E-state index contributed by atoms with van der Waals surface area (Å²) in [5.41, 5.74) is 11.8. The number of nitrogens with two attached hydrogens (primary N) is 1. The molecule has 0 spiro atoms. The molecule has 0 aliphatic carbocycles. The second kappa shape index (κ2) is 7.49. The number of hydrogen-bond donors (Lipinski definition) is 2. The first-order valence-electron chi connectivity index (χ1n) is 9.74. The van der Waals surface area contributed by atoms with Crippen molar-refractivity contribution >= 4 is 16.9 Å². The summed E-state index contributed by atoms with van der Waals surface area (Å²) in [6.07, 6.45) is 4.77. The van der Waals surface area contributed by atoms with E-state index < -0.39 is 0 Å². The predicted octanol–water partition coefficient (Wildman–Crippen LogP) is 3.59. The summed E-state index contributed by atoms with van der Waals surface area (Å²) in [5, 5.41) is 15.3. The molecule has 0 bridgehead atoms. The van der Waals surface area contributed by atoms with E-state index in [9.17, 15) is 5.11 Å². The maximum atomic E-state index is 9.93. The van der Waals surface area contributed by atoms with E-state index in [1.807, 2.05) is 37.3 Å². The van der Waals surface area contributed by atoms with Crippen molar-refractivity contribution in [1.29, 1.82) is 0 Å². The van der Waals surface area contributed by atoms with Crippen molar-refractivity contribution in [2.45, 2.75) is 13.5 Å². The number of rotatable bonds is 4. The molecule has 8 nitrogen and oxygen atoms in total. The van der Waals surface area contributed by atoms with Crippen LogP contribution in [0, 0.1) is 6.92 Å². The Bertz CT molecular complexity index is 1410. The van der Waals surface area contributed by atoms with Crippen molar-refractivity contribution in [3.05, 3.63) is 78.5 Å². The van der Waals surface area contributed by atoms with E-state index in [0.717, 1.165) is 28.1 Å². The fourth-order valence-electron chi connectivity index (χ4n) is 3.68. The van der Waals surface area contributed by atoms with E-state index in [2.05, 4.69) is 19.9 Å². The van der Waals surface area contributed by atoms with Gasteiger partial charge in [-0.25, -0.2) is 14.6 Å². The quantitative estimate of drug-likeness (QED) is 0.466. The van der Waals surface area contributed by atoms with Crippen LogP contribution < -0.4 is 5.73 Å². The number of aromatic nitrogens is 6. The van der Waals surface area contributed by atoms with Crippen LogP contribution in [0.4, 0.5) is 5.82 Å². The zero-order chi connectivity index (χ0) is 21.4. The van der Waals surface area contributed by atoms with Gasteiger partial charge in [-0.05, 0) is 24.6 Å². The van der Waals surface area contributed by atoms with Crippen LogP contribution >= 0.6 is 0 Å². The predicted molar refractivity (Wildman–Crippen MR) is 118 cm³/mol. The summed E-state index contributed by atoms with van der Waals surface area (Å²) in [7, 11) is 0. The van der Waals surface area contributed by atoms with Crippen LogP contribution in [0.1, 0.15) is 11.3 Å². The van der Waals surface area contributed by atoms with Crippen molar-refractivity contribution < 1.29 is 5.11 Å². The molecule has 0 unspecified atom stereocenters. The summed E-state index contributed by atoms with van der Waals surface area (Å²) in [6, 6.07) is 14.9. The average molecular weight is 409 g/mol. The summed E-state index contributed by atoms with van der Waals surface area (Å²) in [5.74, 6) is 0.472. The Balaban J connectivity index is 1.67. The van der Waals surface area contributed by atoms with E-state index >= 15 is 0 Å². The van der Waals surface area contributed by atoms with Crippen LogP contribution in [-0.2, 0) is 6.54 Å². The molecular formula is C23H19N7O. The molecule has 0 aliphatic heterocycles. The summed E-state index contributed by atoms with van der Waals surface area (Å²) < 4.78 is 1.75. The van der Waals surface area contributed by atoms with E-state index in [0.29, 0.717) is 29.1 Å². The van der Waals surface area contributed by atoms with Gasteiger partial charge in [-0.2, -0.15) is 5.10 Å². The van der Waals surface area contributed by atoms with Crippen LogP contribution in [0.3, 0.4) is 0 Å². The van der Waals surface area contributed by atoms with Crippen LogP contribution in [-0.4, -0.2) is 34.8 Å². The number of phenols is 1. The molecule has 0 saturated carbocycles. The van der Waals surface area contributed by atoms with Gasteiger partial charge in [0.25, 0.3) is 0 Å². The van der Waals surface area contributed by atoms with Crippen LogP contribution in [0.2, 0.25) is 0 Å². The molecule has 0 amide bonds. The molecule has 152 valence electrons. The van der Waals surface area contributed by atoms with Crippen molar-refractivity contribution in [2.75, 3.05) is 5.73 Å². The van der Waals surface area contributed by atoms with E-state index in [4.69, 9.17) is 10.8 Å². The molecule has 5 rings (SSSR count). The number of nitrogens with zero attached hydrogens (tertiary/aromatic N) is 6. The Hall–Kier alpha value is -4.33. The molecule has 0 saturated heterocycles. The minimum atomic E-state index is 0.145. The topological polar surface area (TPSA) is 116 Å². The molecule has 3 aromatic heterocycles. The highest BCUT2D eigenvalue weighted by Crippen LogP contribution is 2.32. The summed E-state index contributed by atoms with van der Waals surface area (Å²) in [6.45, 7) is 2.40. The number of nitrogen functional groups attached to an aromatic ring is 1. The van der Waals surface area contributed by atoms with Gasteiger partial charge in [0.15, 0.2) is 5.65 Å². The van der Waals surface area contributed by atoms with E-state index in [1.54, 1.807) is 35.3 Å². The van der Waals surface area contributed by atoms with E-state index in [-0.39, 0.29) is 5.75 Å². The Morgan fingerprint density at radius 3 is 2.61 bits per heavy atom. The zero-order valence-electron chi connectivity index (χ0n) is 16.8. The smallest absolute Gasteiger partial charge is 0.164 e. The van der Waals surface area contributed by atoms with Gasteiger partial charge in [0.1, 0.15) is 23.6 Å². The largest absolute Gasteiger partial charge is 0.508 e. The fourth-order valence-corrected chi connectivity index (χ4v) is 3.68. The second-order valence-corrected chi connectivity index (χ2v) is 7.18. The second-order valence-electron chi connectivity index (χ2n) is 7.18. The molecule has 2 aromatic carbocycles. The zero-order valence-corrected chi connectivity index (χ0v) is 16.8. The van der Waals surface area contributed by atoms with Crippen LogP contribution in [0.5, 0.6) is 5.75 Å². The normalized spacial score (nSPS) is 11.1. The summed E-state index contributed by atoms with van der Waals surface area (Å²) in [4.78, 5) is 17.7. The van der Waals surface area contributed by atoms with Gasteiger partial charge in [-0.15, -0.1) is 0 Å². The Morgan fingerprint density at radius 1 is 0.935 bits per heavy atom.